The first kappa shape index (κ1) is 13.3. The molecule has 0 spiro atoms. The summed E-state index contributed by atoms with van der Waals surface area (Å²) in [4.78, 5) is 11.4. The van der Waals surface area contributed by atoms with E-state index in [-0.39, 0.29) is 11.2 Å². The second-order valence-corrected chi connectivity index (χ2v) is 7.53. The lowest BCUT2D eigenvalue weighted by Crippen LogP contribution is -2.31. The fourth-order valence-electron chi connectivity index (χ4n) is 2.54. The van der Waals surface area contributed by atoms with Crippen molar-refractivity contribution >= 4 is 16.1 Å². The molecule has 1 heterocycles. The molecule has 0 saturated carbocycles. The SMILES string of the molecule is CCc1cc(C=O)cc2c1S(=O)(=O)CCC2(C)C. The summed E-state index contributed by atoms with van der Waals surface area (Å²) in [6.45, 7) is 5.99. The molecule has 0 unspecified atom stereocenters. The Morgan fingerprint density at radius 3 is 2.56 bits per heavy atom. The van der Waals surface area contributed by atoms with Crippen LogP contribution in [-0.2, 0) is 21.7 Å². The predicted octanol–water partition coefficient (Wildman–Crippen LogP) is 2.52. The Balaban J connectivity index is 2.86. The molecule has 0 amide bonds. The van der Waals surface area contributed by atoms with Gasteiger partial charge in [0.1, 0.15) is 6.29 Å². The molecule has 0 bridgehead atoms. The first-order chi connectivity index (χ1) is 8.31. The van der Waals surface area contributed by atoms with Crippen LogP contribution in [0.3, 0.4) is 0 Å². The minimum atomic E-state index is -3.20. The quantitative estimate of drug-likeness (QED) is 0.773. The van der Waals surface area contributed by atoms with Crippen molar-refractivity contribution in [2.24, 2.45) is 0 Å². The van der Waals surface area contributed by atoms with E-state index in [9.17, 15) is 13.2 Å². The van der Waals surface area contributed by atoms with Crippen LogP contribution in [0.25, 0.3) is 0 Å². The van der Waals surface area contributed by atoms with Crippen molar-refractivity contribution < 1.29 is 13.2 Å². The van der Waals surface area contributed by atoms with Gasteiger partial charge in [-0.2, -0.15) is 0 Å². The number of carbonyl (C=O) groups excluding carboxylic acids is 1. The lowest BCUT2D eigenvalue weighted by molar-refractivity contribution is 0.112. The number of aldehydes is 1. The monoisotopic (exact) mass is 266 g/mol. The van der Waals surface area contributed by atoms with Gasteiger partial charge < -0.3 is 0 Å². The third kappa shape index (κ3) is 1.99. The largest absolute Gasteiger partial charge is 0.298 e. The van der Waals surface area contributed by atoms with E-state index in [0.717, 1.165) is 17.4 Å². The zero-order valence-electron chi connectivity index (χ0n) is 11.0. The van der Waals surface area contributed by atoms with Crippen LogP contribution in [0.15, 0.2) is 17.0 Å². The molecule has 1 aliphatic heterocycles. The van der Waals surface area contributed by atoms with Gasteiger partial charge >= 0.3 is 0 Å². The van der Waals surface area contributed by atoms with Gasteiger partial charge in [-0.05, 0) is 41.5 Å². The van der Waals surface area contributed by atoms with Gasteiger partial charge in [-0.3, -0.25) is 4.79 Å². The third-order valence-corrected chi connectivity index (χ3v) is 5.59. The maximum atomic E-state index is 12.3. The van der Waals surface area contributed by atoms with Crippen LogP contribution in [0.5, 0.6) is 0 Å². The molecule has 98 valence electrons. The van der Waals surface area contributed by atoms with Crippen LogP contribution in [-0.4, -0.2) is 20.5 Å². The molecule has 0 saturated heterocycles. The van der Waals surface area contributed by atoms with Crippen molar-refractivity contribution in [1.29, 1.82) is 0 Å². The summed E-state index contributed by atoms with van der Waals surface area (Å²) in [5, 5.41) is 0. The number of fused-ring (bicyclic) bond motifs is 1. The smallest absolute Gasteiger partial charge is 0.178 e. The highest BCUT2D eigenvalue weighted by molar-refractivity contribution is 7.91. The zero-order chi connectivity index (χ0) is 13.6. The number of hydrogen-bond acceptors (Lipinski definition) is 3. The summed E-state index contributed by atoms with van der Waals surface area (Å²) in [6, 6.07) is 3.43. The van der Waals surface area contributed by atoms with Crippen LogP contribution in [0, 0.1) is 0 Å². The second kappa shape index (κ2) is 4.19. The van der Waals surface area contributed by atoms with E-state index in [4.69, 9.17) is 0 Å². The van der Waals surface area contributed by atoms with Gasteiger partial charge in [0.15, 0.2) is 9.84 Å². The summed E-state index contributed by atoms with van der Waals surface area (Å²) in [7, 11) is -3.20. The van der Waals surface area contributed by atoms with E-state index in [1.807, 2.05) is 20.8 Å². The van der Waals surface area contributed by atoms with Crippen molar-refractivity contribution in [3.63, 3.8) is 0 Å². The van der Waals surface area contributed by atoms with E-state index in [0.29, 0.717) is 23.3 Å². The summed E-state index contributed by atoms with van der Waals surface area (Å²) >= 11 is 0. The highest BCUT2D eigenvalue weighted by atomic mass is 32.2. The number of sulfone groups is 1. The molecular formula is C14H18O3S. The van der Waals surface area contributed by atoms with Gasteiger partial charge in [0.2, 0.25) is 0 Å². The molecular weight excluding hydrogens is 248 g/mol. The molecule has 1 aromatic rings. The van der Waals surface area contributed by atoms with Crippen LogP contribution in [0.4, 0.5) is 0 Å². The number of rotatable bonds is 2. The van der Waals surface area contributed by atoms with E-state index < -0.39 is 9.84 Å². The Kier molecular flexibility index (Phi) is 3.09. The third-order valence-electron chi connectivity index (χ3n) is 3.74. The highest BCUT2D eigenvalue weighted by Gasteiger charge is 2.37. The molecule has 3 nitrogen and oxygen atoms in total. The Hall–Kier alpha value is -1.16. The topological polar surface area (TPSA) is 51.2 Å². The molecule has 0 aliphatic carbocycles. The van der Waals surface area contributed by atoms with Gasteiger partial charge in [-0.25, -0.2) is 8.42 Å². The van der Waals surface area contributed by atoms with Crippen molar-refractivity contribution in [2.45, 2.75) is 43.9 Å². The Bertz CT molecular complexity index is 598. The average Bonchev–Trinajstić information content (AvgIpc) is 2.33. The fourth-order valence-corrected chi connectivity index (χ4v) is 4.80. The summed E-state index contributed by atoms with van der Waals surface area (Å²) in [6.07, 6.45) is 2.02. The van der Waals surface area contributed by atoms with E-state index in [1.165, 1.54) is 0 Å². The maximum absolute atomic E-state index is 12.3. The van der Waals surface area contributed by atoms with Gasteiger partial charge in [-0.15, -0.1) is 0 Å². The molecule has 0 N–H and O–H groups in total. The number of carbonyl (C=O) groups is 1. The Morgan fingerprint density at radius 1 is 1.33 bits per heavy atom. The second-order valence-electron chi connectivity index (χ2n) is 5.48. The van der Waals surface area contributed by atoms with Crippen molar-refractivity contribution in [3.8, 4) is 0 Å². The molecule has 1 aliphatic rings. The summed E-state index contributed by atoms with van der Waals surface area (Å²) < 4.78 is 24.5. The molecule has 4 heteroatoms. The normalized spacial score (nSPS) is 20.2. The van der Waals surface area contributed by atoms with Gasteiger partial charge in [0, 0.05) is 5.56 Å². The fraction of sp³-hybridized carbons (Fsp3) is 0.500. The van der Waals surface area contributed by atoms with Gasteiger partial charge in [0.05, 0.1) is 10.6 Å². The van der Waals surface area contributed by atoms with E-state index in [1.54, 1.807) is 12.1 Å². The first-order valence-electron chi connectivity index (χ1n) is 6.17. The molecule has 18 heavy (non-hydrogen) atoms. The molecule has 2 rings (SSSR count). The average molecular weight is 266 g/mol. The Labute approximate surface area is 108 Å². The number of hydrogen-bond donors (Lipinski definition) is 0. The van der Waals surface area contributed by atoms with Gasteiger partial charge in [0.25, 0.3) is 0 Å². The van der Waals surface area contributed by atoms with Crippen molar-refractivity contribution in [3.05, 3.63) is 28.8 Å². The van der Waals surface area contributed by atoms with Crippen molar-refractivity contribution in [2.75, 3.05) is 5.75 Å². The predicted molar refractivity (Wildman–Crippen MR) is 70.9 cm³/mol. The van der Waals surface area contributed by atoms with Gasteiger partial charge in [-0.1, -0.05) is 20.8 Å². The molecule has 0 fully saturated rings. The standard InChI is InChI=1S/C14H18O3S/c1-4-11-7-10(9-15)8-12-13(11)18(16,17)6-5-14(12,2)3/h7-9H,4-6H2,1-3H3. The minimum absolute atomic E-state index is 0.191. The molecule has 0 aromatic heterocycles. The zero-order valence-corrected chi connectivity index (χ0v) is 11.8. The molecule has 0 radical (unpaired) electrons. The Morgan fingerprint density at radius 2 is 2.00 bits per heavy atom. The molecule has 1 aromatic carbocycles. The summed E-state index contributed by atoms with van der Waals surface area (Å²) in [5.74, 6) is 0.195. The molecule has 0 atom stereocenters. The lowest BCUT2D eigenvalue weighted by Gasteiger charge is -2.33. The maximum Gasteiger partial charge on any atom is 0.178 e. The minimum Gasteiger partial charge on any atom is -0.298 e. The van der Waals surface area contributed by atoms with Crippen molar-refractivity contribution in [1.82, 2.24) is 0 Å². The van der Waals surface area contributed by atoms with E-state index in [2.05, 4.69) is 0 Å². The van der Waals surface area contributed by atoms with E-state index >= 15 is 0 Å². The van der Waals surface area contributed by atoms with Crippen LogP contribution in [0.2, 0.25) is 0 Å². The lowest BCUT2D eigenvalue weighted by atomic mass is 9.80. The highest BCUT2D eigenvalue weighted by Crippen LogP contribution is 2.40. The van der Waals surface area contributed by atoms with Crippen LogP contribution >= 0.6 is 0 Å². The first-order valence-corrected chi connectivity index (χ1v) is 7.82. The number of aryl methyl sites for hydroxylation is 1. The van der Waals surface area contributed by atoms with Crippen LogP contribution < -0.4 is 0 Å². The van der Waals surface area contributed by atoms with Crippen LogP contribution in [0.1, 0.15) is 48.7 Å². The summed E-state index contributed by atoms with van der Waals surface area (Å²) in [5.41, 5.74) is 1.94. The number of benzene rings is 1.